The number of piperidine rings is 1. The van der Waals surface area contributed by atoms with E-state index < -0.39 is 15.8 Å². The number of sulfonamides is 1. The van der Waals surface area contributed by atoms with E-state index in [1.54, 1.807) is 0 Å². The zero-order valence-corrected chi connectivity index (χ0v) is 13.9. The minimum absolute atomic E-state index is 0. The summed E-state index contributed by atoms with van der Waals surface area (Å²) in [6.45, 7) is 1.99. The lowest BCUT2D eigenvalue weighted by atomic mass is 10.1. The van der Waals surface area contributed by atoms with E-state index in [0.717, 1.165) is 12.5 Å². The minimum atomic E-state index is -3.62. The van der Waals surface area contributed by atoms with Gasteiger partial charge in [-0.3, -0.25) is 0 Å². The smallest absolute Gasteiger partial charge is 0.243 e. The second kappa shape index (κ2) is 8.79. The van der Waals surface area contributed by atoms with Crippen LogP contribution in [0.4, 0.5) is 4.39 Å². The van der Waals surface area contributed by atoms with Gasteiger partial charge in [0.25, 0.3) is 0 Å². The summed E-state index contributed by atoms with van der Waals surface area (Å²) < 4.78 is 45.0. The molecule has 0 saturated carbocycles. The van der Waals surface area contributed by atoms with Gasteiger partial charge in [0.2, 0.25) is 10.0 Å². The highest BCUT2D eigenvalue weighted by Crippen LogP contribution is 2.22. The zero-order valence-electron chi connectivity index (χ0n) is 12.3. The van der Waals surface area contributed by atoms with Gasteiger partial charge in [0.05, 0.1) is 11.0 Å². The van der Waals surface area contributed by atoms with Gasteiger partial charge in [0.15, 0.2) is 0 Å². The van der Waals surface area contributed by atoms with Gasteiger partial charge < -0.3 is 10.5 Å². The summed E-state index contributed by atoms with van der Waals surface area (Å²) in [5.74, 6) is -0.545. The number of hydrogen-bond acceptors (Lipinski definition) is 4. The highest BCUT2D eigenvalue weighted by molar-refractivity contribution is 7.89. The molecule has 8 heteroatoms. The first-order valence-corrected chi connectivity index (χ1v) is 8.55. The Morgan fingerprint density at radius 3 is 2.59 bits per heavy atom. The molecule has 5 nitrogen and oxygen atoms in total. The Labute approximate surface area is 137 Å². The van der Waals surface area contributed by atoms with E-state index in [2.05, 4.69) is 0 Å². The number of benzene rings is 1. The van der Waals surface area contributed by atoms with Crippen LogP contribution in [0.5, 0.6) is 0 Å². The minimum Gasteiger partial charge on any atom is -0.378 e. The van der Waals surface area contributed by atoms with Gasteiger partial charge in [0.1, 0.15) is 5.82 Å². The lowest BCUT2D eigenvalue weighted by molar-refractivity contribution is 0.0209. The molecule has 1 heterocycles. The summed E-state index contributed by atoms with van der Waals surface area (Å²) in [5, 5.41) is 0. The third kappa shape index (κ3) is 4.89. The van der Waals surface area contributed by atoms with Crippen LogP contribution in [0.3, 0.4) is 0 Å². The predicted octanol–water partition coefficient (Wildman–Crippen LogP) is 1.77. The van der Waals surface area contributed by atoms with Crippen LogP contribution < -0.4 is 5.73 Å². The Kier molecular flexibility index (Phi) is 7.71. The Balaban J connectivity index is 0.00000242. The summed E-state index contributed by atoms with van der Waals surface area (Å²) in [6.07, 6.45) is 2.19. The van der Waals surface area contributed by atoms with Gasteiger partial charge in [-0.1, -0.05) is 6.07 Å². The molecule has 0 aliphatic carbocycles. The number of ether oxygens (including phenoxy) is 1. The number of halogens is 2. The van der Waals surface area contributed by atoms with Crippen LogP contribution in [-0.2, 0) is 14.8 Å². The maximum atomic E-state index is 13.2. The third-order valence-electron chi connectivity index (χ3n) is 3.54. The summed E-state index contributed by atoms with van der Waals surface area (Å²) in [4.78, 5) is 0.00463. The summed E-state index contributed by atoms with van der Waals surface area (Å²) in [7, 11) is -3.62. The van der Waals surface area contributed by atoms with E-state index >= 15 is 0 Å². The lowest BCUT2D eigenvalue weighted by Gasteiger charge is -2.31. The van der Waals surface area contributed by atoms with Crippen LogP contribution in [0.15, 0.2) is 29.2 Å². The number of nitrogens with zero attached hydrogens (tertiary/aromatic N) is 1. The maximum absolute atomic E-state index is 13.2. The van der Waals surface area contributed by atoms with Crippen molar-refractivity contribution in [2.24, 2.45) is 5.73 Å². The van der Waals surface area contributed by atoms with Crippen molar-refractivity contribution in [2.75, 3.05) is 26.2 Å². The highest BCUT2D eigenvalue weighted by Gasteiger charge is 2.29. The Bertz CT molecular complexity index is 563. The molecule has 0 amide bonds. The van der Waals surface area contributed by atoms with Gasteiger partial charge in [-0.2, -0.15) is 4.31 Å². The van der Waals surface area contributed by atoms with Gasteiger partial charge in [-0.05, 0) is 44.0 Å². The van der Waals surface area contributed by atoms with Gasteiger partial charge in [-0.15, -0.1) is 12.4 Å². The van der Waals surface area contributed by atoms with Gasteiger partial charge in [-0.25, -0.2) is 12.8 Å². The van der Waals surface area contributed by atoms with E-state index in [1.165, 1.54) is 22.5 Å². The first kappa shape index (κ1) is 19.3. The molecule has 1 fully saturated rings. The van der Waals surface area contributed by atoms with Crippen LogP contribution in [0.2, 0.25) is 0 Å². The fourth-order valence-corrected chi connectivity index (χ4v) is 3.85. The van der Waals surface area contributed by atoms with Crippen molar-refractivity contribution in [3.63, 3.8) is 0 Å². The molecule has 0 spiro atoms. The predicted molar refractivity (Wildman–Crippen MR) is 85.1 cm³/mol. The Morgan fingerprint density at radius 1 is 1.32 bits per heavy atom. The zero-order chi connectivity index (χ0) is 15.3. The molecule has 0 radical (unpaired) electrons. The number of hydrogen-bond donors (Lipinski definition) is 1. The summed E-state index contributed by atoms with van der Waals surface area (Å²) in [5.41, 5.74) is 5.40. The standard InChI is InChI=1S/C14H21FN2O3S.ClH/c15-12-3-1-4-14(11-12)21(18,19)17-8-5-13(6-9-17)20-10-2-7-16;/h1,3-4,11,13H,2,5-10,16H2;1H. The van der Waals surface area contributed by atoms with Crippen LogP contribution in [0.25, 0.3) is 0 Å². The molecule has 0 aromatic heterocycles. The largest absolute Gasteiger partial charge is 0.378 e. The fourth-order valence-electron chi connectivity index (χ4n) is 2.35. The second-order valence-electron chi connectivity index (χ2n) is 5.07. The van der Waals surface area contributed by atoms with E-state index in [0.29, 0.717) is 39.1 Å². The Hall–Kier alpha value is -0.730. The number of rotatable bonds is 6. The molecule has 0 bridgehead atoms. The first-order chi connectivity index (χ1) is 10.0. The van der Waals surface area contributed by atoms with Crippen LogP contribution in [0, 0.1) is 5.82 Å². The summed E-state index contributed by atoms with van der Waals surface area (Å²) in [6, 6.07) is 5.11. The lowest BCUT2D eigenvalue weighted by Crippen LogP contribution is -2.41. The van der Waals surface area contributed by atoms with Crippen molar-refractivity contribution in [2.45, 2.75) is 30.3 Å². The molecule has 1 aliphatic heterocycles. The van der Waals surface area contributed by atoms with Crippen molar-refractivity contribution < 1.29 is 17.5 Å². The van der Waals surface area contributed by atoms with E-state index in [1.807, 2.05) is 0 Å². The van der Waals surface area contributed by atoms with E-state index in [9.17, 15) is 12.8 Å². The SMILES string of the molecule is Cl.NCCCOC1CCN(S(=O)(=O)c2cccc(F)c2)CC1. The molecule has 22 heavy (non-hydrogen) atoms. The molecular formula is C14H22ClFN2O3S. The maximum Gasteiger partial charge on any atom is 0.243 e. The highest BCUT2D eigenvalue weighted by atomic mass is 35.5. The molecule has 2 N–H and O–H groups in total. The first-order valence-electron chi connectivity index (χ1n) is 7.11. The van der Waals surface area contributed by atoms with Crippen molar-refractivity contribution in [1.29, 1.82) is 0 Å². The van der Waals surface area contributed by atoms with Crippen molar-refractivity contribution in [1.82, 2.24) is 4.31 Å². The average molecular weight is 353 g/mol. The van der Waals surface area contributed by atoms with Crippen LogP contribution >= 0.6 is 12.4 Å². The van der Waals surface area contributed by atoms with Gasteiger partial charge >= 0.3 is 0 Å². The molecule has 0 atom stereocenters. The van der Waals surface area contributed by atoms with E-state index in [-0.39, 0.29) is 23.4 Å². The van der Waals surface area contributed by atoms with Crippen LogP contribution in [0.1, 0.15) is 19.3 Å². The third-order valence-corrected chi connectivity index (χ3v) is 5.43. The molecule has 1 aliphatic rings. The van der Waals surface area contributed by atoms with Crippen LogP contribution in [-0.4, -0.2) is 45.1 Å². The summed E-state index contributed by atoms with van der Waals surface area (Å²) >= 11 is 0. The second-order valence-corrected chi connectivity index (χ2v) is 7.01. The van der Waals surface area contributed by atoms with Gasteiger partial charge in [0, 0.05) is 19.7 Å². The molecule has 126 valence electrons. The Morgan fingerprint density at radius 2 is 2.00 bits per heavy atom. The van der Waals surface area contributed by atoms with Crippen molar-refractivity contribution in [3.05, 3.63) is 30.1 Å². The topological polar surface area (TPSA) is 72.6 Å². The normalized spacial score (nSPS) is 17.2. The average Bonchev–Trinajstić information content (AvgIpc) is 2.48. The molecule has 0 unspecified atom stereocenters. The fraction of sp³-hybridized carbons (Fsp3) is 0.571. The quantitative estimate of drug-likeness (QED) is 0.792. The molecule has 1 saturated heterocycles. The van der Waals surface area contributed by atoms with Crippen molar-refractivity contribution >= 4 is 22.4 Å². The molecule has 1 aromatic rings. The molecular weight excluding hydrogens is 331 g/mol. The molecule has 1 aromatic carbocycles. The molecule has 2 rings (SSSR count). The monoisotopic (exact) mass is 352 g/mol. The van der Waals surface area contributed by atoms with E-state index in [4.69, 9.17) is 10.5 Å². The number of nitrogens with two attached hydrogens (primary N) is 1. The van der Waals surface area contributed by atoms with Crippen molar-refractivity contribution in [3.8, 4) is 0 Å².